The average molecular weight is 221 g/mol. The molecule has 0 spiro atoms. The van der Waals surface area contributed by atoms with Crippen molar-refractivity contribution in [3.63, 3.8) is 0 Å². The van der Waals surface area contributed by atoms with E-state index in [9.17, 15) is 0 Å². The average Bonchev–Trinajstić information content (AvgIpc) is 3.02. The highest BCUT2D eigenvalue weighted by Gasteiger charge is 2.44. The summed E-state index contributed by atoms with van der Waals surface area (Å²) in [6.45, 7) is 3.16. The van der Waals surface area contributed by atoms with Gasteiger partial charge < -0.3 is 5.73 Å². The van der Waals surface area contributed by atoms with Gasteiger partial charge in [0, 0.05) is 19.0 Å². The Bertz CT molecular complexity index is 263. The zero-order chi connectivity index (χ0) is 11.4. The number of rotatable bonds is 5. The van der Waals surface area contributed by atoms with Crippen LogP contribution < -0.4 is 5.73 Å². The minimum atomic E-state index is 0.360. The quantitative estimate of drug-likeness (QED) is 0.771. The summed E-state index contributed by atoms with van der Waals surface area (Å²) in [5.41, 5.74) is 6.04. The second-order valence-corrected chi connectivity index (χ2v) is 5.53. The zero-order valence-electron chi connectivity index (χ0n) is 10.1. The lowest BCUT2D eigenvalue weighted by molar-refractivity contribution is 0.114. The van der Waals surface area contributed by atoms with E-state index in [1.165, 1.54) is 38.6 Å². The normalized spacial score (nSPS) is 28.6. The third-order valence-corrected chi connectivity index (χ3v) is 4.20. The summed E-state index contributed by atoms with van der Waals surface area (Å²) in [5, 5.41) is 8.85. The van der Waals surface area contributed by atoms with Crippen molar-refractivity contribution >= 4 is 0 Å². The summed E-state index contributed by atoms with van der Waals surface area (Å²) in [5.74, 6) is 0. The van der Waals surface area contributed by atoms with Crippen LogP contribution in [0.25, 0.3) is 0 Å². The molecule has 1 saturated heterocycles. The van der Waals surface area contributed by atoms with Gasteiger partial charge in [0.15, 0.2) is 0 Å². The fourth-order valence-corrected chi connectivity index (χ4v) is 2.95. The summed E-state index contributed by atoms with van der Waals surface area (Å²) in [7, 11) is 0. The number of likely N-dealkylation sites (tertiary alicyclic amines) is 1. The molecule has 3 heteroatoms. The van der Waals surface area contributed by atoms with E-state index in [-0.39, 0.29) is 0 Å². The fourth-order valence-electron chi connectivity index (χ4n) is 2.95. The molecule has 3 nitrogen and oxygen atoms in total. The maximum atomic E-state index is 8.85. The molecule has 1 unspecified atom stereocenters. The van der Waals surface area contributed by atoms with E-state index < -0.39 is 0 Å². The van der Waals surface area contributed by atoms with Gasteiger partial charge in [-0.3, -0.25) is 4.90 Å². The van der Waals surface area contributed by atoms with Crippen molar-refractivity contribution < 1.29 is 0 Å². The molecule has 2 fully saturated rings. The van der Waals surface area contributed by atoms with Gasteiger partial charge in [0.25, 0.3) is 0 Å². The van der Waals surface area contributed by atoms with Crippen LogP contribution in [0.1, 0.15) is 44.9 Å². The van der Waals surface area contributed by atoms with Crippen molar-refractivity contribution in [2.24, 2.45) is 11.1 Å². The van der Waals surface area contributed by atoms with Crippen LogP contribution in [0.15, 0.2) is 0 Å². The van der Waals surface area contributed by atoms with E-state index in [1.807, 2.05) is 0 Å². The number of hydrogen-bond donors (Lipinski definition) is 1. The minimum Gasteiger partial charge on any atom is -0.330 e. The third kappa shape index (κ3) is 2.75. The molecule has 2 rings (SSSR count). The van der Waals surface area contributed by atoms with Gasteiger partial charge in [0.1, 0.15) is 0 Å². The minimum absolute atomic E-state index is 0.360. The number of hydrogen-bond acceptors (Lipinski definition) is 3. The van der Waals surface area contributed by atoms with E-state index in [4.69, 9.17) is 11.0 Å². The summed E-state index contributed by atoms with van der Waals surface area (Å²) in [6, 6.07) is 3.05. The lowest BCUT2D eigenvalue weighted by Gasteiger charge is -2.37. The highest BCUT2D eigenvalue weighted by molar-refractivity contribution is 5.02. The van der Waals surface area contributed by atoms with Crippen molar-refractivity contribution in [3.8, 4) is 6.07 Å². The molecule has 0 amide bonds. The first-order valence-corrected chi connectivity index (χ1v) is 6.61. The van der Waals surface area contributed by atoms with Gasteiger partial charge in [-0.25, -0.2) is 0 Å². The van der Waals surface area contributed by atoms with Crippen LogP contribution in [-0.2, 0) is 0 Å². The predicted molar refractivity (Wildman–Crippen MR) is 64.8 cm³/mol. The van der Waals surface area contributed by atoms with Crippen LogP contribution in [0.2, 0.25) is 0 Å². The number of nitriles is 1. The first-order valence-electron chi connectivity index (χ1n) is 6.61. The highest BCUT2D eigenvalue weighted by atomic mass is 15.2. The molecule has 0 aromatic heterocycles. The van der Waals surface area contributed by atoms with Crippen molar-refractivity contribution in [1.82, 2.24) is 4.90 Å². The van der Waals surface area contributed by atoms with Crippen LogP contribution in [0.5, 0.6) is 0 Å². The second-order valence-electron chi connectivity index (χ2n) is 5.53. The van der Waals surface area contributed by atoms with Gasteiger partial charge in [-0.1, -0.05) is 6.42 Å². The van der Waals surface area contributed by atoms with Gasteiger partial charge in [0.05, 0.1) is 6.07 Å². The number of nitrogens with zero attached hydrogens (tertiary/aromatic N) is 2. The summed E-state index contributed by atoms with van der Waals surface area (Å²) >= 11 is 0. The summed E-state index contributed by atoms with van der Waals surface area (Å²) in [4.78, 5) is 2.61. The van der Waals surface area contributed by atoms with Gasteiger partial charge in [-0.2, -0.15) is 5.26 Å². The Morgan fingerprint density at radius 3 is 2.81 bits per heavy atom. The first kappa shape index (κ1) is 11.9. The molecule has 2 aliphatic rings. The molecule has 2 N–H and O–H groups in total. The lowest BCUT2D eigenvalue weighted by Crippen LogP contribution is -2.43. The van der Waals surface area contributed by atoms with E-state index >= 15 is 0 Å². The Morgan fingerprint density at radius 2 is 2.19 bits per heavy atom. The van der Waals surface area contributed by atoms with Gasteiger partial charge in [-0.05, 0) is 50.6 Å². The van der Waals surface area contributed by atoms with Gasteiger partial charge >= 0.3 is 0 Å². The van der Waals surface area contributed by atoms with E-state index in [0.717, 1.165) is 25.9 Å². The van der Waals surface area contributed by atoms with Crippen LogP contribution in [0.4, 0.5) is 0 Å². The largest absolute Gasteiger partial charge is 0.330 e. The molecule has 1 saturated carbocycles. The fraction of sp³-hybridized carbons (Fsp3) is 0.923. The number of nitrogens with two attached hydrogens (primary N) is 1. The Hall–Kier alpha value is -0.590. The molecule has 90 valence electrons. The topological polar surface area (TPSA) is 53.0 Å². The molecule has 16 heavy (non-hydrogen) atoms. The van der Waals surface area contributed by atoms with E-state index in [1.54, 1.807) is 0 Å². The van der Waals surface area contributed by atoms with E-state index in [2.05, 4.69) is 11.0 Å². The Labute approximate surface area is 98.6 Å². The van der Waals surface area contributed by atoms with E-state index in [0.29, 0.717) is 11.5 Å². The molecule has 1 atom stereocenters. The summed E-state index contributed by atoms with van der Waals surface area (Å²) < 4.78 is 0. The van der Waals surface area contributed by atoms with Crippen molar-refractivity contribution in [2.75, 3.05) is 19.6 Å². The molecule has 0 aromatic rings. The maximum Gasteiger partial charge on any atom is 0.0628 e. The Kier molecular flexibility index (Phi) is 3.83. The second kappa shape index (κ2) is 5.16. The van der Waals surface area contributed by atoms with Crippen molar-refractivity contribution in [1.29, 1.82) is 5.26 Å². The molecule has 0 bridgehead atoms. The Morgan fingerprint density at radius 1 is 1.38 bits per heavy atom. The monoisotopic (exact) mass is 221 g/mol. The lowest BCUT2D eigenvalue weighted by atomic mass is 9.95. The molecule has 0 aromatic carbocycles. The predicted octanol–water partition coefficient (Wildman–Crippen LogP) is 1.88. The molecule has 0 radical (unpaired) electrons. The van der Waals surface area contributed by atoms with Gasteiger partial charge in [-0.15, -0.1) is 0 Å². The zero-order valence-corrected chi connectivity index (χ0v) is 10.1. The first-order chi connectivity index (χ1) is 7.79. The van der Waals surface area contributed by atoms with Crippen LogP contribution in [0, 0.1) is 16.7 Å². The smallest absolute Gasteiger partial charge is 0.0628 e. The third-order valence-electron chi connectivity index (χ3n) is 4.20. The van der Waals surface area contributed by atoms with Crippen molar-refractivity contribution in [2.45, 2.75) is 51.0 Å². The highest BCUT2D eigenvalue weighted by Crippen LogP contribution is 2.49. The molecular weight excluding hydrogens is 198 g/mol. The maximum absolute atomic E-state index is 8.85. The van der Waals surface area contributed by atoms with Crippen LogP contribution in [-0.4, -0.2) is 30.6 Å². The number of piperidine rings is 1. The standard InChI is InChI=1S/C13H23N3/c14-8-4-12-3-1-2-10-16(12)11-13(5-6-13)7-9-15/h12H,1-8,10-11,14H2. The SMILES string of the molecule is N#CCC1(CN2CCCCC2CCN)CC1. The molecule has 1 aliphatic carbocycles. The molecular formula is C13H23N3. The molecule has 1 aliphatic heterocycles. The van der Waals surface area contributed by atoms with Crippen LogP contribution >= 0.6 is 0 Å². The van der Waals surface area contributed by atoms with Crippen molar-refractivity contribution in [3.05, 3.63) is 0 Å². The van der Waals surface area contributed by atoms with Crippen LogP contribution in [0.3, 0.4) is 0 Å². The van der Waals surface area contributed by atoms with Gasteiger partial charge in [0.2, 0.25) is 0 Å². The Balaban J connectivity index is 1.88. The molecule has 1 heterocycles. The summed E-state index contributed by atoms with van der Waals surface area (Å²) in [6.07, 6.45) is 8.37.